The predicted molar refractivity (Wildman–Crippen MR) is 271 cm³/mol. The van der Waals surface area contributed by atoms with Gasteiger partial charge in [0.1, 0.15) is 0 Å². The maximum atomic E-state index is 2.48. The minimum absolute atomic E-state index is 1.16. The van der Waals surface area contributed by atoms with Crippen LogP contribution in [0.1, 0.15) is 0 Å². The molecule has 2 heterocycles. The third-order valence-electron chi connectivity index (χ3n) is 13.9. The van der Waals surface area contributed by atoms with Gasteiger partial charge in [0.05, 0.1) is 27.8 Å². The molecule has 0 N–H and O–H groups in total. The number of fused-ring (bicyclic) bond motifs is 11. The van der Waals surface area contributed by atoms with Gasteiger partial charge in [0.2, 0.25) is 0 Å². The molecule has 0 saturated heterocycles. The van der Waals surface area contributed by atoms with Gasteiger partial charge < -0.3 is 9.13 Å². The van der Waals surface area contributed by atoms with E-state index in [0.29, 0.717) is 0 Å². The first-order chi connectivity index (χ1) is 31.8. The number of rotatable bonds is 5. The summed E-state index contributed by atoms with van der Waals surface area (Å²) in [5.41, 5.74) is 19.7. The summed E-state index contributed by atoms with van der Waals surface area (Å²) in [7, 11) is 0. The highest BCUT2D eigenvalue weighted by Crippen LogP contribution is 2.50. The van der Waals surface area contributed by atoms with E-state index >= 15 is 0 Å². The quantitative estimate of drug-likeness (QED) is 0.164. The van der Waals surface area contributed by atoms with E-state index < -0.39 is 0 Å². The third kappa shape index (κ3) is 4.96. The van der Waals surface area contributed by atoms with Gasteiger partial charge in [-0.25, -0.2) is 0 Å². The van der Waals surface area contributed by atoms with Crippen molar-refractivity contribution in [3.63, 3.8) is 0 Å². The second-order valence-corrected chi connectivity index (χ2v) is 17.2. The Morgan fingerprint density at radius 3 is 1.53 bits per heavy atom. The summed E-state index contributed by atoms with van der Waals surface area (Å²) in [5.74, 6) is 0. The lowest BCUT2D eigenvalue weighted by Crippen LogP contribution is -1.98. The Bertz CT molecular complexity index is 4040. The summed E-state index contributed by atoms with van der Waals surface area (Å²) in [4.78, 5) is 0. The molecule has 0 fully saturated rings. The molecular formula is C62H38N2. The third-order valence-corrected chi connectivity index (χ3v) is 13.9. The molecule has 2 heteroatoms. The van der Waals surface area contributed by atoms with Gasteiger partial charge in [-0.3, -0.25) is 0 Å². The van der Waals surface area contributed by atoms with Gasteiger partial charge in [-0.2, -0.15) is 0 Å². The summed E-state index contributed by atoms with van der Waals surface area (Å²) in [6, 6.07) is 85.2. The van der Waals surface area contributed by atoms with Gasteiger partial charge in [-0.1, -0.05) is 182 Å². The van der Waals surface area contributed by atoms with Crippen LogP contribution in [0.5, 0.6) is 0 Å². The van der Waals surface area contributed by atoms with E-state index in [1.165, 1.54) is 126 Å². The van der Waals surface area contributed by atoms with Crippen molar-refractivity contribution in [1.29, 1.82) is 0 Å². The van der Waals surface area contributed by atoms with Crippen molar-refractivity contribution < 1.29 is 0 Å². The maximum Gasteiger partial charge on any atom is 0.0619 e. The minimum atomic E-state index is 1.16. The lowest BCUT2D eigenvalue weighted by Gasteiger charge is -2.18. The zero-order chi connectivity index (χ0) is 41.9. The van der Waals surface area contributed by atoms with E-state index in [2.05, 4.69) is 240 Å². The highest BCUT2D eigenvalue weighted by Gasteiger charge is 2.24. The van der Waals surface area contributed by atoms with Gasteiger partial charge in [0, 0.05) is 38.2 Å². The Kier molecular flexibility index (Phi) is 7.43. The zero-order valence-electron chi connectivity index (χ0n) is 34.8. The highest BCUT2D eigenvalue weighted by molar-refractivity contribution is 6.21. The molecule has 0 bridgehead atoms. The average molecular weight is 811 g/mol. The fourth-order valence-electron chi connectivity index (χ4n) is 11.1. The number of benzene rings is 11. The first kappa shape index (κ1) is 35.2. The standard InChI is InChI=1S/C62H38N2/c1-2-16-42(17-3-1)63-59-35-30-41(38-56(59)54-32-29-39-15-4-5-18-43(39)62(54)63)40-31-36-60-55(37-40)50-24-11-13-28-58(50)64(60)57-27-12-10-23-49(57)45-20-7-6-19-44(45)48-33-34-53-47-22-9-8-21-46(47)51-25-14-26-52(48)61(51)53/h1-38H. The molecule has 296 valence electrons. The van der Waals surface area contributed by atoms with E-state index in [9.17, 15) is 0 Å². The van der Waals surface area contributed by atoms with Crippen LogP contribution in [0.3, 0.4) is 0 Å². The van der Waals surface area contributed by atoms with Crippen molar-refractivity contribution in [2.75, 3.05) is 0 Å². The SMILES string of the molecule is c1ccc(-n2c3ccc(-c4ccc5c(c4)c4ccccc4n5-c4ccccc4-c4ccccc4-c4ccc5c6c(cccc46)-c4ccccc4-5)cc3c3ccc4ccccc4c32)cc1. The largest absolute Gasteiger partial charge is 0.309 e. The number of hydrogen-bond acceptors (Lipinski definition) is 0. The Labute approximate surface area is 370 Å². The minimum Gasteiger partial charge on any atom is -0.309 e. The van der Waals surface area contributed by atoms with E-state index in [1.807, 2.05) is 0 Å². The predicted octanol–water partition coefficient (Wildman–Crippen LogP) is 16.8. The van der Waals surface area contributed by atoms with Crippen molar-refractivity contribution in [3.8, 4) is 67.0 Å². The summed E-state index contributed by atoms with van der Waals surface area (Å²) >= 11 is 0. The van der Waals surface area contributed by atoms with E-state index in [0.717, 1.165) is 5.69 Å². The maximum absolute atomic E-state index is 2.48. The number of nitrogens with zero attached hydrogens (tertiary/aromatic N) is 2. The Balaban J connectivity index is 0.942. The smallest absolute Gasteiger partial charge is 0.0619 e. The zero-order valence-corrected chi connectivity index (χ0v) is 34.8. The van der Waals surface area contributed by atoms with Crippen LogP contribution >= 0.6 is 0 Å². The molecule has 0 spiro atoms. The molecule has 2 nitrogen and oxygen atoms in total. The van der Waals surface area contributed by atoms with Crippen LogP contribution in [-0.2, 0) is 0 Å². The van der Waals surface area contributed by atoms with E-state index in [4.69, 9.17) is 0 Å². The molecule has 0 unspecified atom stereocenters. The fraction of sp³-hybridized carbons (Fsp3) is 0. The summed E-state index contributed by atoms with van der Waals surface area (Å²) in [5, 5.41) is 10.1. The molecule has 14 rings (SSSR count). The molecule has 0 radical (unpaired) electrons. The molecule has 0 amide bonds. The molecular weight excluding hydrogens is 773 g/mol. The van der Waals surface area contributed by atoms with E-state index in [-0.39, 0.29) is 0 Å². The highest BCUT2D eigenvalue weighted by atomic mass is 15.0. The molecule has 2 aromatic heterocycles. The fourth-order valence-corrected chi connectivity index (χ4v) is 11.1. The van der Waals surface area contributed by atoms with Crippen molar-refractivity contribution in [2.45, 2.75) is 0 Å². The van der Waals surface area contributed by atoms with Crippen LogP contribution in [0.25, 0.3) is 132 Å². The van der Waals surface area contributed by atoms with Crippen LogP contribution in [0.15, 0.2) is 231 Å². The van der Waals surface area contributed by atoms with Crippen LogP contribution in [0.2, 0.25) is 0 Å². The normalized spacial score (nSPS) is 12.1. The first-order valence-corrected chi connectivity index (χ1v) is 22.2. The van der Waals surface area contributed by atoms with Crippen LogP contribution < -0.4 is 0 Å². The molecule has 0 aliphatic heterocycles. The summed E-state index contributed by atoms with van der Waals surface area (Å²) in [6.45, 7) is 0. The van der Waals surface area contributed by atoms with Crippen LogP contribution in [-0.4, -0.2) is 9.13 Å². The van der Waals surface area contributed by atoms with Gasteiger partial charge in [0.25, 0.3) is 0 Å². The molecule has 0 atom stereocenters. The molecule has 0 saturated carbocycles. The average Bonchev–Trinajstić information content (AvgIpc) is 4.00. The molecule has 1 aliphatic rings. The van der Waals surface area contributed by atoms with Crippen molar-refractivity contribution in [1.82, 2.24) is 9.13 Å². The molecule has 11 aromatic carbocycles. The first-order valence-electron chi connectivity index (χ1n) is 22.2. The number of hydrogen-bond donors (Lipinski definition) is 0. The Morgan fingerprint density at radius 1 is 0.250 bits per heavy atom. The number of para-hydroxylation sites is 3. The Hall–Kier alpha value is -8.46. The second-order valence-electron chi connectivity index (χ2n) is 17.2. The van der Waals surface area contributed by atoms with Gasteiger partial charge >= 0.3 is 0 Å². The lowest BCUT2D eigenvalue weighted by atomic mass is 9.89. The van der Waals surface area contributed by atoms with Gasteiger partial charge in [-0.05, 0) is 115 Å². The van der Waals surface area contributed by atoms with Crippen molar-refractivity contribution >= 4 is 65.2 Å². The second kappa shape index (κ2) is 13.5. The topological polar surface area (TPSA) is 9.86 Å². The van der Waals surface area contributed by atoms with Crippen molar-refractivity contribution in [2.24, 2.45) is 0 Å². The molecule has 13 aromatic rings. The van der Waals surface area contributed by atoms with Crippen molar-refractivity contribution in [3.05, 3.63) is 231 Å². The van der Waals surface area contributed by atoms with Crippen LogP contribution in [0, 0.1) is 0 Å². The lowest BCUT2D eigenvalue weighted by molar-refractivity contribution is 1.18. The van der Waals surface area contributed by atoms with Crippen LogP contribution in [0.4, 0.5) is 0 Å². The van der Waals surface area contributed by atoms with E-state index in [1.54, 1.807) is 0 Å². The number of aromatic nitrogens is 2. The summed E-state index contributed by atoms with van der Waals surface area (Å²) in [6.07, 6.45) is 0. The Morgan fingerprint density at radius 2 is 0.766 bits per heavy atom. The molecule has 1 aliphatic carbocycles. The molecule has 64 heavy (non-hydrogen) atoms. The van der Waals surface area contributed by atoms with Gasteiger partial charge in [0.15, 0.2) is 0 Å². The summed E-state index contributed by atoms with van der Waals surface area (Å²) < 4.78 is 4.92. The van der Waals surface area contributed by atoms with Gasteiger partial charge in [-0.15, -0.1) is 0 Å². The monoisotopic (exact) mass is 810 g/mol.